The number of nitrogens with one attached hydrogen (secondary N) is 1. The van der Waals surface area contributed by atoms with Crippen LogP contribution in [0, 0.1) is 23.2 Å². The van der Waals surface area contributed by atoms with Gasteiger partial charge in [0, 0.05) is 6.04 Å². The highest BCUT2D eigenvalue weighted by molar-refractivity contribution is 4.93. The summed E-state index contributed by atoms with van der Waals surface area (Å²) >= 11 is 0. The van der Waals surface area contributed by atoms with Crippen LogP contribution in [-0.4, -0.2) is 12.6 Å². The molecule has 0 spiro atoms. The molecule has 2 fully saturated rings. The van der Waals surface area contributed by atoms with Crippen molar-refractivity contribution in [2.45, 2.75) is 63.8 Å². The molecule has 0 amide bonds. The van der Waals surface area contributed by atoms with Gasteiger partial charge >= 0.3 is 0 Å². The maximum Gasteiger partial charge on any atom is 0.0672 e. The van der Waals surface area contributed by atoms with Gasteiger partial charge < -0.3 is 5.32 Å². The van der Waals surface area contributed by atoms with Crippen molar-refractivity contribution in [1.29, 1.82) is 5.26 Å². The maximum absolute atomic E-state index is 9.16. The van der Waals surface area contributed by atoms with Gasteiger partial charge in [0.1, 0.15) is 0 Å². The van der Waals surface area contributed by atoms with E-state index in [0.717, 1.165) is 18.9 Å². The largest absolute Gasteiger partial charge is 0.313 e. The zero-order valence-corrected chi connectivity index (χ0v) is 10.3. The van der Waals surface area contributed by atoms with Crippen LogP contribution in [0.4, 0.5) is 0 Å². The monoisotopic (exact) mass is 220 g/mol. The van der Waals surface area contributed by atoms with Gasteiger partial charge in [0.05, 0.1) is 12.0 Å². The topological polar surface area (TPSA) is 35.8 Å². The number of rotatable bonds is 4. The number of nitriles is 1. The average molecular weight is 220 g/mol. The Balaban J connectivity index is 1.70. The van der Waals surface area contributed by atoms with Crippen LogP contribution in [0.2, 0.25) is 0 Å². The molecule has 90 valence electrons. The second kappa shape index (κ2) is 6.25. The summed E-state index contributed by atoms with van der Waals surface area (Å²) in [6.45, 7) is 1.13. The molecule has 16 heavy (non-hydrogen) atoms. The minimum absolute atomic E-state index is 0.267. The molecule has 0 aromatic carbocycles. The molecule has 2 nitrogen and oxygen atoms in total. The molecule has 0 radical (unpaired) electrons. The fraction of sp³-hybridized carbons (Fsp3) is 0.929. The van der Waals surface area contributed by atoms with Crippen molar-refractivity contribution < 1.29 is 0 Å². The Kier molecular flexibility index (Phi) is 4.66. The van der Waals surface area contributed by atoms with Gasteiger partial charge in [0.2, 0.25) is 0 Å². The van der Waals surface area contributed by atoms with Crippen molar-refractivity contribution in [3.63, 3.8) is 0 Å². The third-order valence-corrected chi connectivity index (χ3v) is 4.37. The lowest BCUT2D eigenvalue weighted by Crippen LogP contribution is -2.36. The molecule has 0 aromatic heterocycles. The molecule has 0 aromatic rings. The van der Waals surface area contributed by atoms with Gasteiger partial charge in [-0.2, -0.15) is 5.26 Å². The molecule has 0 heterocycles. The van der Waals surface area contributed by atoms with E-state index in [1.807, 2.05) is 0 Å². The number of hydrogen-bond donors (Lipinski definition) is 1. The SMILES string of the molecule is N#CC1CCCCCC1NCCC1CCC1. The minimum atomic E-state index is 0.267. The fourth-order valence-electron chi connectivity index (χ4n) is 2.96. The number of hydrogen-bond acceptors (Lipinski definition) is 2. The van der Waals surface area contributed by atoms with Crippen LogP contribution in [0.25, 0.3) is 0 Å². The van der Waals surface area contributed by atoms with Gasteiger partial charge in [0.15, 0.2) is 0 Å². The highest BCUT2D eigenvalue weighted by Crippen LogP contribution is 2.29. The van der Waals surface area contributed by atoms with E-state index < -0.39 is 0 Å². The minimum Gasteiger partial charge on any atom is -0.313 e. The van der Waals surface area contributed by atoms with E-state index in [9.17, 15) is 0 Å². The first-order chi connectivity index (χ1) is 7.90. The summed E-state index contributed by atoms with van der Waals surface area (Å²) in [6.07, 6.45) is 11.8. The predicted octanol–water partition coefficient (Wildman–Crippen LogP) is 3.24. The van der Waals surface area contributed by atoms with Gasteiger partial charge in [0.25, 0.3) is 0 Å². The molecule has 2 atom stereocenters. The van der Waals surface area contributed by atoms with Crippen LogP contribution < -0.4 is 5.32 Å². The van der Waals surface area contributed by atoms with Crippen molar-refractivity contribution in [2.24, 2.45) is 11.8 Å². The first-order valence-electron chi connectivity index (χ1n) is 7.03. The van der Waals surface area contributed by atoms with E-state index >= 15 is 0 Å². The van der Waals surface area contributed by atoms with Gasteiger partial charge in [-0.05, 0) is 31.7 Å². The summed E-state index contributed by atoms with van der Waals surface area (Å²) in [5, 5.41) is 12.8. The molecule has 2 aliphatic carbocycles. The molecule has 0 saturated heterocycles. The van der Waals surface area contributed by atoms with E-state index in [2.05, 4.69) is 11.4 Å². The molecule has 1 N–H and O–H groups in total. The summed E-state index contributed by atoms with van der Waals surface area (Å²) < 4.78 is 0. The lowest BCUT2D eigenvalue weighted by molar-refractivity contribution is 0.279. The second-order valence-electron chi connectivity index (χ2n) is 5.52. The lowest BCUT2D eigenvalue weighted by atomic mass is 9.83. The van der Waals surface area contributed by atoms with E-state index in [1.165, 1.54) is 51.4 Å². The average Bonchev–Trinajstić information content (AvgIpc) is 2.46. The third-order valence-electron chi connectivity index (χ3n) is 4.37. The van der Waals surface area contributed by atoms with Crippen molar-refractivity contribution in [2.75, 3.05) is 6.54 Å². The molecule has 2 unspecified atom stereocenters. The van der Waals surface area contributed by atoms with Crippen molar-refractivity contribution in [1.82, 2.24) is 5.32 Å². The van der Waals surface area contributed by atoms with Gasteiger partial charge in [-0.3, -0.25) is 0 Å². The third kappa shape index (κ3) is 3.22. The van der Waals surface area contributed by atoms with Crippen molar-refractivity contribution >= 4 is 0 Å². The van der Waals surface area contributed by atoms with E-state index in [1.54, 1.807) is 0 Å². The summed E-state index contributed by atoms with van der Waals surface area (Å²) in [5.74, 6) is 1.25. The molecule has 0 bridgehead atoms. The maximum atomic E-state index is 9.16. The van der Waals surface area contributed by atoms with Crippen LogP contribution in [0.5, 0.6) is 0 Å². The van der Waals surface area contributed by atoms with E-state index in [4.69, 9.17) is 5.26 Å². The molecular weight excluding hydrogens is 196 g/mol. The van der Waals surface area contributed by atoms with Crippen LogP contribution in [-0.2, 0) is 0 Å². The summed E-state index contributed by atoms with van der Waals surface area (Å²) in [7, 11) is 0. The fourth-order valence-corrected chi connectivity index (χ4v) is 2.96. The molecule has 2 heteroatoms. The Morgan fingerprint density at radius 2 is 1.81 bits per heavy atom. The van der Waals surface area contributed by atoms with Crippen LogP contribution in [0.3, 0.4) is 0 Å². The highest BCUT2D eigenvalue weighted by atomic mass is 14.9. The zero-order chi connectivity index (χ0) is 11.2. The van der Waals surface area contributed by atoms with Crippen LogP contribution >= 0.6 is 0 Å². The Labute approximate surface area is 99.4 Å². The van der Waals surface area contributed by atoms with Gasteiger partial charge in [-0.1, -0.05) is 38.5 Å². The quantitative estimate of drug-likeness (QED) is 0.738. The van der Waals surface area contributed by atoms with Gasteiger partial charge in [-0.15, -0.1) is 0 Å². The lowest BCUT2D eigenvalue weighted by Gasteiger charge is -2.27. The standard InChI is InChI=1S/C14H24N2/c15-11-13-7-2-1-3-8-14(13)16-10-9-12-5-4-6-12/h12-14,16H,1-10H2. The predicted molar refractivity (Wildman–Crippen MR) is 65.9 cm³/mol. The first kappa shape index (κ1) is 11.9. The van der Waals surface area contributed by atoms with Crippen LogP contribution in [0.1, 0.15) is 57.8 Å². The molecular formula is C14H24N2. The molecule has 2 saturated carbocycles. The van der Waals surface area contributed by atoms with E-state index in [0.29, 0.717) is 6.04 Å². The molecule has 0 aliphatic heterocycles. The summed E-state index contributed by atoms with van der Waals surface area (Å²) in [6, 6.07) is 2.98. The highest BCUT2D eigenvalue weighted by Gasteiger charge is 2.23. The number of nitrogens with zero attached hydrogens (tertiary/aromatic N) is 1. The Morgan fingerprint density at radius 3 is 2.50 bits per heavy atom. The van der Waals surface area contributed by atoms with Crippen LogP contribution in [0.15, 0.2) is 0 Å². The zero-order valence-electron chi connectivity index (χ0n) is 10.3. The first-order valence-corrected chi connectivity index (χ1v) is 7.03. The summed E-state index contributed by atoms with van der Waals surface area (Å²) in [4.78, 5) is 0. The van der Waals surface area contributed by atoms with E-state index in [-0.39, 0.29) is 5.92 Å². The molecule has 2 aliphatic rings. The van der Waals surface area contributed by atoms with Gasteiger partial charge in [-0.25, -0.2) is 0 Å². The summed E-state index contributed by atoms with van der Waals surface area (Å²) in [5.41, 5.74) is 0. The Morgan fingerprint density at radius 1 is 1.00 bits per heavy atom. The Bertz CT molecular complexity index is 240. The smallest absolute Gasteiger partial charge is 0.0672 e. The second-order valence-corrected chi connectivity index (χ2v) is 5.52. The van der Waals surface area contributed by atoms with Crippen molar-refractivity contribution in [3.05, 3.63) is 0 Å². The molecule has 2 rings (SSSR count). The van der Waals surface area contributed by atoms with Crippen molar-refractivity contribution in [3.8, 4) is 6.07 Å². The Hall–Kier alpha value is -0.550. The normalized spacial score (nSPS) is 31.4.